The van der Waals surface area contributed by atoms with Crippen molar-refractivity contribution in [3.05, 3.63) is 29.3 Å². The summed E-state index contributed by atoms with van der Waals surface area (Å²) in [6.45, 7) is 2.86. The predicted molar refractivity (Wildman–Crippen MR) is 110 cm³/mol. The minimum atomic E-state index is -0.836. The van der Waals surface area contributed by atoms with Gasteiger partial charge in [-0.15, -0.1) is 11.3 Å². The molecule has 0 radical (unpaired) electrons. The van der Waals surface area contributed by atoms with Crippen molar-refractivity contribution < 1.29 is 14.4 Å². The molecular formula is C21H24N4O3S. The molecule has 5 rings (SSSR count). The van der Waals surface area contributed by atoms with Gasteiger partial charge in [0, 0.05) is 19.0 Å². The van der Waals surface area contributed by atoms with Crippen LogP contribution in [0.4, 0.5) is 4.79 Å². The van der Waals surface area contributed by atoms with Gasteiger partial charge in [0.2, 0.25) is 5.91 Å². The highest BCUT2D eigenvalue weighted by Gasteiger charge is 2.56. The Bertz CT molecular complexity index is 960. The molecule has 29 heavy (non-hydrogen) atoms. The van der Waals surface area contributed by atoms with Crippen molar-refractivity contribution in [3.8, 4) is 0 Å². The smallest absolute Gasteiger partial charge is 0.325 e. The number of fused-ring (bicyclic) bond motifs is 1. The number of nitrogens with one attached hydrogen (secondary N) is 1. The van der Waals surface area contributed by atoms with Gasteiger partial charge in [-0.2, -0.15) is 0 Å². The molecule has 0 spiro atoms. The van der Waals surface area contributed by atoms with Crippen LogP contribution < -0.4 is 5.32 Å². The Labute approximate surface area is 173 Å². The molecule has 1 saturated carbocycles. The summed E-state index contributed by atoms with van der Waals surface area (Å²) in [6, 6.07) is 7.69. The molecule has 3 heterocycles. The van der Waals surface area contributed by atoms with E-state index in [1.165, 1.54) is 4.70 Å². The van der Waals surface area contributed by atoms with Gasteiger partial charge < -0.3 is 10.2 Å². The lowest BCUT2D eigenvalue weighted by molar-refractivity contribution is -0.139. The summed E-state index contributed by atoms with van der Waals surface area (Å²) in [4.78, 5) is 45.4. The number of carbonyl (C=O) groups excluding carboxylic acids is 3. The molecule has 2 aromatic rings. The molecule has 2 saturated heterocycles. The predicted octanol–water partition coefficient (Wildman–Crippen LogP) is 2.72. The average Bonchev–Trinajstić information content (AvgIpc) is 3.46. The summed E-state index contributed by atoms with van der Waals surface area (Å²) < 4.78 is 1.19. The number of urea groups is 1. The Balaban J connectivity index is 1.20. The van der Waals surface area contributed by atoms with Crippen LogP contribution in [0.5, 0.6) is 0 Å². The van der Waals surface area contributed by atoms with E-state index >= 15 is 0 Å². The maximum Gasteiger partial charge on any atom is 0.325 e. The third-order valence-electron chi connectivity index (χ3n) is 6.50. The van der Waals surface area contributed by atoms with E-state index < -0.39 is 11.6 Å². The molecule has 1 N–H and O–H groups in total. The first-order valence-electron chi connectivity index (χ1n) is 10.2. The third-order valence-corrected chi connectivity index (χ3v) is 7.69. The largest absolute Gasteiger partial charge is 0.341 e. The van der Waals surface area contributed by atoms with Crippen molar-refractivity contribution in [2.75, 3.05) is 19.6 Å². The molecule has 1 atom stereocenters. The van der Waals surface area contributed by atoms with Gasteiger partial charge in [0.15, 0.2) is 0 Å². The Hall–Kier alpha value is -2.48. The molecule has 3 aliphatic rings. The standard InChI is InChI=1S/C21H24N4O3S/c1-21(14-6-7-14)19(27)25(20(28)23-21)12-17(26)24-10-8-13(9-11-24)18-22-15-4-2-3-5-16(15)29-18/h2-5,13-14H,6-12H2,1H3,(H,23,28)/t21-/m0/s1. The van der Waals surface area contributed by atoms with Crippen LogP contribution in [0, 0.1) is 5.92 Å². The van der Waals surface area contributed by atoms with Gasteiger partial charge in [0.1, 0.15) is 12.1 Å². The Kier molecular flexibility index (Phi) is 4.34. The molecule has 1 aromatic carbocycles. The molecular weight excluding hydrogens is 388 g/mol. The number of hydrogen-bond donors (Lipinski definition) is 1. The number of carbonyl (C=O) groups is 3. The van der Waals surface area contributed by atoms with E-state index in [0.29, 0.717) is 19.0 Å². The van der Waals surface area contributed by atoms with Crippen LogP contribution in [0.15, 0.2) is 24.3 Å². The van der Waals surface area contributed by atoms with E-state index in [2.05, 4.69) is 11.4 Å². The number of amides is 4. The molecule has 8 heteroatoms. The fourth-order valence-corrected chi connectivity index (χ4v) is 5.61. The minimum absolute atomic E-state index is 0.156. The number of rotatable bonds is 4. The number of nitrogens with zero attached hydrogens (tertiary/aromatic N) is 3. The monoisotopic (exact) mass is 412 g/mol. The third kappa shape index (κ3) is 3.19. The second-order valence-corrected chi connectivity index (χ2v) is 9.54. The number of para-hydroxylation sites is 1. The number of hydrogen-bond acceptors (Lipinski definition) is 5. The van der Waals surface area contributed by atoms with Crippen molar-refractivity contribution in [1.29, 1.82) is 0 Å². The van der Waals surface area contributed by atoms with Crippen LogP contribution in [-0.2, 0) is 9.59 Å². The van der Waals surface area contributed by atoms with Gasteiger partial charge in [-0.3, -0.25) is 14.5 Å². The minimum Gasteiger partial charge on any atom is -0.341 e. The molecule has 2 aliphatic heterocycles. The van der Waals surface area contributed by atoms with E-state index in [-0.39, 0.29) is 24.3 Å². The fourth-order valence-electron chi connectivity index (χ4n) is 4.47. The van der Waals surface area contributed by atoms with E-state index in [1.807, 2.05) is 18.2 Å². The maximum absolute atomic E-state index is 12.8. The van der Waals surface area contributed by atoms with Crippen molar-refractivity contribution in [2.24, 2.45) is 5.92 Å². The quantitative estimate of drug-likeness (QED) is 0.783. The summed E-state index contributed by atoms with van der Waals surface area (Å²) in [7, 11) is 0. The SMILES string of the molecule is C[C@@]1(C2CC2)NC(=O)N(CC(=O)N2CCC(c3nc4ccccc4s3)CC2)C1=O. The Morgan fingerprint density at radius 3 is 2.62 bits per heavy atom. The van der Waals surface area contributed by atoms with Gasteiger partial charge in [0.25, 0.3) is 5.91 Å². The average molecular weight is 413 g/mol. The molecule has 152 valence electrons. The van der Waals surface area contributed by atoms with Crippen LogP contribution in [0.1, 0.15) is 43.5 Å². The lowest BCUT2D eigenvalue weighted by Gasteiger charge is -2.32. The second kappa shape index (κ2) is 6.79. The first kappa shape index (κ1) is 18.5. The van der Waals surface area contributed by atoms with Crippen LogP contribution in [0.25, 0.3) is 10.2 Å². The fraction of sp³-hybridized carbons (Fsp3) is 0.524. The normalized spacial score (nSPS) is 25.7. The molecule has 1 aromatic heterocycles. The number of piperidine rings is 1. The van der Waals surface area contributed by atoms with E-state index in [9.17, 15) is 14.4 Å². The number of imide groups is 1. The summed E-state index contributed by atoms with van der Waals surface area (Å²) in [5, 5.41) is 3.93. The molecule has 4 amide bonds. The van der Waals surface area contributed by atoms with Gasteiger partial charge in [0.05, 0.1) is 15.2 Å². The summed E-state index contributed by atoms with van der Waals surface area (Å²) >= 11 is 1.73. The van der Waals surface area contributed by atoms with Crippen molar-refractivity contribution in [2.45, 2.75) is 44.1 Å². The van der Waals surface area contributed by atoms with Crippen molar-refractivity contribution in [1.82, 2.24) is 20.1 Å². The summed E-state index contributed by atoms with van der Waals surface area (Å²) in [5.41, 5.74) is 0.195. The lowest BCUT2D eigenvalue weighted by Crippen LogP contribution is -2.48. The van der Waals surface area contributed by atoms with Gasteiger partial charge in [-0.1, -0.05) is 12.1 Å². The first-order valence-corrected chi connectivity index (χ1v) is 11.0. The van der Waals surface area contributed by atoms with E-state index in [1.54, 1.807) is 23.2 Å². The molecule has 0 bridgehead atoms. The zero-order valence-corrected chi connectivity index (χ0v) is 17.2. The van der Waals surface area contributed by atoms with Crippen molar-refractivity contribution in [3.63, 3.8) is 0 Å². The molecule has 1 aliphatic carbocycles. The van der Waals surface area contributed by atoms with Gasteiger partial charge >= 0.3 is 6.03 Å². The summed E-state index contributed by atoms with van der Waals surface area (Å²) in [5.74, 6) is 0.133. The van der Waals surface area contributed by atoms with Crippen LogP contribution >= 0.6 is 11.3 Å². The van der Waals surface area contributed by atoms with Crippen LogP contribution in [0.2, 0.25) is 0 Å². The topological polar surface area (TPSA) is 82.6 Å². The molecule has 3 fully saturated rings. The lowest BCUT2D eigenvalue weighted by atomic mass is 9.96. The Morgan fingerprint density at radius 1 is 1.21 bits per heavy atom. The van der Waals surface area contributed by atoms with E-state index in [4.69, 9.17) is 4.98 Å². The van der Waals surface area contributed by atoms with Crippen LogP contribution in [0.3, 0.4) is 0 Å². The highest BCUT2D eigenvalue weighted by atomic mass is 32.1. The van der Waals surface area contributed by atoms with E-state index in [0.717, 1.165) is 41.1 Å². The number of benzene rings is 1. The molecule has 0 unspecified atom stereocenters. The number of thiazole rings is 1. The molecule has 7 nitrogen and oxygen atoms in total. The van der Waals surface area contributed by atoms with Crippen LogP contribution in [-0.4, -0.2) is 57.8 Å². The Morgan fingerprint density at radius 2 is 1.93 bits per heavy atom. The summed E-state index contributed by atoms with van der Waals surface area (Å²) in [6.07, 6.45) is 3.60. The van der Waals surface area contributed by atoms with Crippen molar-refractivity contribution >= 4 is 39.4 Å². The zero-order chi connectivity index (χ0) is 20.2. The number of likely N-dealkylation sites (tertiary alicyclic amines) is 1. The second-order valence-electron chi connectivity index (χ2n) is 8.47. The highest BCUT2D eigenvalue weighted by Crippen LogP contribution is 2.42. The van der Waals surface area contributed by atoms with Gasteiger partial charge in [-0.05, 0) is 50.7 Å². The zero-order valence-electron chi connectivity index (χ0n) is 16.4. The van der Waals surface area contributed by atoms with Gasteiger partial charge in [-0.25, -0.2) is 9.78 Å². The highest BCUT2D eigenvalue weighted by molar-refractivity contribution is 7.18. The first-order chi connectivity index (χ1) is 14.0. The number of aromatic nitrogens is 1. The maximum atomic E-state index is 12.8.